The lowest BCUT2D eigenvalue weighted by Gasteiger charge is -2.11. The van der Waals surface area contributed by atoms with Gasteiger partial charge in [0.25, 0.3) is 5.91 Å². The first-order valence-corrected chi connectivity index (χ1v) is 8.88. The van der Waals surface area contributed by atoms with Gasteiger partial charge in [-0.1, -0.05) is 30.4 Å². The van der Waals surface area contributed by atoms with Gasteiger partial charge >= 0.3 is 0 Å². The van der Waals surface area contributed by atoms with Crippen LogP contribution < -0.4 is 14.8 Å². The summed E-state index contributed by atoms with van der Waals surface area (Å²) < 4.78 is 11.7. The van der Waals surface area contributed by atoms with Crippen LogP contribution in [0.25, 0.3) is 0 Å². The monoisotopic (exact) mass is 381 g/mol. The largest absolute Gasteiger partial charge is 0.490 e. The van der Waals surface area contributed by atoms with Gasteiger partial charge in [0.15, 0.2) is 11.5 Å². The number of rotatable bonds is 7. The van der Waals surface area contributed by atoms with Crippen molar-refractivity contribution in [2.24, 2.45) is 0 Å². The van der Waals surface area contributed by atoms with E-state index in [4.69, 9.17) is 21.7 Å². The van der Waals surface area contributed by atoms with Gasteiger partial charge in [-0.05, 0) is 36.8 Å². The zero-order chi connectivity index (χ0) is 19.1. The molecule has 2 heterocycles. The Kier molecular flexibility index (Phi) is 6.17. The summed E-state index contributed by atoms with van der Waals surface area (Å²) in [6.07, 6.45) is 3.34. The quantitative estimate of drug-likeness (QED) is 0.598. The fourth-order valence-corrected chi connectivity index (χ4v) is 2.60. The van der Waals surface area contributed by atoms with Crippen LogP contribution in [0.5, 0.6) is 17.4 Å². The van der Waals surface area contributed by atoms with Crippen LogP contribution in [0.3, 0.4) is 0 Å². The third kappa shape index (κ3) is 4.92. The molecule has 0 unspecified atom stereocenters. The minimum Gasteiger partial charge on any atom is -0.490 e. The molecule has 0 atom stereocenters. The van der Waals surface area contributed by atoms with Crippen molar-refractivity contribution in [3.05, 3.63) is 76.7 Å². The van der Waals surface area contributed by atoms with Crippen LogP contribution in [0.4, 0.5) is 0 Å². The number of nitrogens with one attached hydrogen (secondary N) is 2. The van der Waals surface area contributed by atoms with E-state index < -0.39 is 0 Å². The van der Waals surface area contributed by atoms with Crippen molar-refractivity contribution in [2.45, 2.75) is 13.5 Å². The van der Waals surface area contributed by atoms with Gasteiger partial charge in [-0.3, -0.25) is 4.79 Å². The lowest BCUT2D eigenvalue weighted by atomic mass is 10.2. The molecule has 0 fully saturated rings. The van der Waals surface area contributed by atoms with Crippen LogP contribution in [-0.4, -0.2) is 22.5 Å². The van der Waals surface area contributed by atoms with Crippen molar-refractivity contribution >= 4 is 18.1 Å². The highest BCUT2D eigenvalue weighted by Crippen LogP contribution is 2.30. The number of para-hydroxylation sites is 2. The third-order valence-corrected chi connectivity index (χ3v) is 4.01. The number of ether oxygens (including phenoxy) is 2. The topological polar surface area (TPSA) is 76.2 Å². The number of nitrogens with zero attached hydrogens (tertiary/aromatic N) is 1. The maximum Gasteiger partial charge on any atom is 0.254 e. The normalized spacial score (nSPS) is 10.3. The highest BCUT2D eigenvalue weighted by atomic mass is 32.1. The number of carbonyl (C=O) groups is 1. The molecule has 0 aliphatic rings. The molecule has 2 aromatic heterocycles. The van der Waals surface area contributed by atoms with Gasteiger partial charge in [-0.2, -0.15) is 0 Å². The Morgan fingerprint density at radius 1 is 1.15 bits per heavy atom. The molecular weight excluding hydrogens is 362 g/mol. The van der Waals surface area contributed by atoms with Crippen LogP contribution in [-0.2, 0) is 6.54 Å². The molecule has 0 spiro atoms. The molecule has 138 valence electrons. The number of hydrogen-bond acceptors (Lipinski definition) is 5. The number of H-pyrrole nitrogens is 1. The van der Waals surface area contributed by atoms with E-state index in [0.717, 1.165) is 5.56 Å². The molecule has 0 aliphatic heterocycles. The van der Waals surface area contributed by atoms with E-state index in [0.29, 0.717) is 40.7 Å². The number of aromatic amines is 1. The minimum atomic E-state index is -0.234. The predicted molar refractivity (Wildman–Crippen MR) is 105 cm³/mol. The number of aromatic nitrogens is 2. The van der Waals surface area contributed by atoms with E-state index in [-0.39, 0.29) is 5.91 Å². The van der Waals surface area contributed by atoms with Gasteiger partial charge in [-0.15, -0.1) is 0 Å². The third-order valence-electron chi connectivity index (χ3n) is 3.68. The predicted octanol–water partition coefficient (Wildman–Crippen LogP) is 4.26. The molecule has 0 radical (unpaired) electrons. The van der Waals surface area contributed by atoms with Gasteiger partial charge in [0.05, 0.1) is 12.2 Å². The van der Waals surface area contributed by atoms with E-state index in [2.05, 4.69) is 15.3 Å². The first kappa shape index (κ1) is 18.6. The van der Waals surface area contributed by atoms with Crippen molar-refractivity contribution in [3.63, 3.8) is 0 Å². The number of amides is 1. The molecule has 3 aromatic rings. The maximum absolute atomic E-state index is 12.2. The zero-order valence-corrected chi connectivity index (χ0v) is 15.6. The Morgan fingerprint density at radius 2 is 1.96 bits per heavy atom. The number of pyridine rings is 2. The van der Waals surface area contributed by atoms with Crippen molar-refractivity contribution in [3.8, 4) is 17.4 Å². The second kappa shape index (κ2) is 8.95. The van der Waals surface area contributed by atoms with Crippen molar-refractivity contribution in [2.75, 3.05) is 6.61 Å². The van der Waals surface area contributed by atoms with Crippen LogP contribution in [0, 0.1) is 4.64 Å². The smallest absolute Gasteiger partial charge is 0.254 e. The van der Waals surface area contributed by atoms with E-state index >= 15 is 0 Å². The maximum atomic E-state index is 12.2. The number of benzene rings is 1. The summed E-state index contributed by atoms with van der Waals surface area (Å²) in [4.78, 5) is 19.3. The average molecular weight is 381 g/mol. The van der Waals surface area contributed by atoms with Crippen LogP contribution in [0.1, 0.15) is 22.8 Å². The van der Waals surface area contributed by atoms with Crippen molar-refractivity contribution < 1.29 is 14.3 Å². The lowest BCUT2D eigenvalue weighted by Crippen LogP contribution is -2.23. The van der Waals surface area contributed by atoms with Crippen LogP contribution in [0.2, 0.25) is 0 Å². The highest BCUT2D eigenvalue weighted by molar-refractivity contribution is 7.71. The molecule has 1 amide bonds. The number of carbonyl (C=O) groups excluding carboxylic acids is 1. The van der Waals surface area contributed by atoms with Crippen LogP contribution >= 0.6 is 12.2 Å². The zero-order valence-electron chi connectivity index (χ0n) is 14.8. The SMILES string of the molecule is CCOc1ccccc1Oc1ccc(CNC(=O)c2ccc[nH]c2=S)cn1. The average Bonchev–Trinajstić information content (AvgIpc) is 2.69. The van der Waals surface area contributed by atoms with E-state index in [1.54, 1.807) is 30.6 Å². The van der Waals surface area contributed by atoms with Gasteiger partial charge in [0.2, 0.25) is 5.88 Å². The summed E-state index contributed by atoms with van der Waals surface area (Å²) in [5.41, 5.74) is 1.28. The van der Waals surface area contributed by atoms with Crippen LogP contribution in [0.15, 0.2) is 60.9 Å². The summed E-state index contributed by atoms with van der Waals surface area (Å²) in [6.45, 7) is 2.81. The van der Waals surface area contributed by atoms with E-state index in [9.17, 15) is 4.79 Å². The van der Waals surface area contributed by atoms with Crippen molar-refractivity contribution in [1.82, 2.24) is 15.3 Å². The summed E-state index contributed by atoms with van der Waals surface area (Å²) in [6, 6.07) is 14.4. The second-order valence-electron chi connectivity index (χ2n) is 5.58. The Hall–Kier alpha value is -3.19. The Morgan fingerprint density at radius 3 is 2.67 bits per heavy atom. The Bertz CT molecular complexity index is 970. The fourth-order valence-electron chi connectivity index (χ4n) is 2.38. The molecule has 0 saturated heterocycles. The standard InChI is InChI=1S/C20H19N3O3S/c1-2-25-16-7-3-4-8-17(16)26-18-10-9-14(12-22-18)13-23-19(24)15-6-5-11-21-20(15)27/h3-12H,2,13H2,1H3,(H,21,27)(H,23,24). The molecule has 27 heavy (non-hydrogen) atoms. The summed E-state index contributed by atoms with van der Waals surface area (Å²) in [5, 5.41) is 2.82. The van der Waals surface area contributed by atoms with E-state index in [1.807, 2.05) is 37.3 Å². The molecule has 0 saturated carbocycles. The van der Waals surface area contributed by atoms with Gasteiger partial charge in [0.1, 0.15) is 4.64 Å². The minimum absolute atomic E-state index is 0.234. The van der Waals surface area contributed by atoms with Crippen molar-refractivity contribution in [1.29, 1.82) is 0 Å². The first-order chi connectivity index (χ1) is 13.2. The molecular formula is C20H19N3O3S. The summed E-state index contributed by atoms with van der Waals surface area (Å²) in [5.74, 6) is 1.48. The Labute approximate surface area is 162 Å². The summed E-state index contributed by atoms with van der Waals surface area (Å²) >= 11 is 5.11. The molecule has 0 bridgehead atoms. The molecule has 6 nitrogen and oxygen atoms in total. The second-order valence-corrected chi connectivity index (χ2v) is 5.99. The molecule has 2 N–H and O–H groups in total. The lowest BCUT2D eigenvalue weighted by molar-refractivity contribution is 0.0950. The molecule has 7 heteroatoms. The number of hydrogen-bond donors (Lipinski definition) is 2. The molecule has 1 aromatic carbocycles. The highest BCUT2D eigenvalue weighted by Gasteiger charge is 2.08. The van der Waals surface area contributed by atoms with Gasteiger partial charge < -0.3 is 19.8 Å². The van der Waals surface area contributed by atoms with Gasteiger partial charge in [-0.25, -0.2) is 4.98 Å². The molecule has 3 rings (SSSR count). The van der Waals surface area contributed by atoms with E-state index in [1.165, 1.54) is 0 Å². The Balaban J connectivity index is 1.62. The molecule has 0 aliphatic carbocycles. The fraction of sp³-hybridized carbons (Fsp3) is 0.150. The van der Waals surface area contributed by atoms with Gasteiger partial charge in [0, 0.05) is 25.0 Å². The first-order valence-electron chi connectivity index (χ1n) is 8.48. The summed E-state index contributed by atoms with van der Waals surface area (Å²) in [7, 11) is 0.